The van der Waals surface area contributed by atoms with Crippen LogP contribution in [0.25, 0.3) is 6.08 Å². The van der Waals surface area contributed by atoms with Gasteiger partial charge >= 0.3 is 0 Å². The first-order chi connectivity index (χ1) is 18.1. The van der Waals surface area contributed by atoms with Gasteiger partial charge in [0.25, 0.3) is 0 Å². The second-order valence-electron chi connectivity index (χ2n) is 8.77. The number of carbonyl (C=O) groups is 1. The van der Waals surface area contributed by atoms with Crippen LogP contribution in [0, 0.1) is 0 Å². The predicted molar refractivity (Wildman–Crippen MR) is 149 cm³/mol. The molecule has 0 amide bonds. The lowest BCUT2D eigenvalue weighted by atomic mass is 9.98. The number of nitrogens with zero attached hydrogens (tertiary/aromatic N) is 2. The fraction of sp³-hybridized carbons (Fsp3) is 0.125. The largest absolute Gasteiger partial charge is 0.497 e. The third kappa shape index (κ3) is 5.46. The van der Waals surface area contributed by atoms with E-state index in [1.54, 1.807) is 44.6 Å². The van der Waals surface area contributed by atoms with Crippen molar-refractivity contribution in [1.82, 2.24) is 0 Å². The Morgan fingerprint density at radius 2 is 1.43 bits per heavy atom. The second kappa shape index (κ2) is 11.0. The predicted octanol–water partition coefficient (Wildman–Crippen LogP) is 6.96. The first-order valence-corrected chi connectivity index (χ1v) is 12.2. The topological polar surface area (TPSA) is 51.1 Å². The van der Waals surface area contributed by atoms with E-state index in [-0.39, 0.29) is 11.8 Å². The minimum absolute atomic E-state index is 0.0528. The number of allylic oxidation sites excluding steroid dienone is 1. The summed E-state index contributed by atoms with van der Waals surface area (Å²) >= 11 is 0. The first-order valence-electron chi connectivity index (χ1n) is 12.2. The second-order valence-corrected chi connectivity index (χ2v) is 8.77. The highest BCUT2D eigenvalue weighted by Crippen LogP contribution is 2.37. The summed E-state index contributed by atoms with van der Waals surface area (Å²) in [6.45, 7) is 0. The number of methoxy groups -OCH3 is 2. The molecule has 4 aromatic carbocycles. The summed E-state index contributed by atoms with van der Waals surface area (Å²) in [4.78, 5) is 12.5. The van der Waals surface area contributed by atoms with Gasteiger partial charge in [0.2, 0.25) is 0 Å². The monoisotopic (exact) mass is 488 g/mol. The average Bonchev–Trinajstić information content (AvgIpc) is 3.42. The number of hydrazone groups is 1. The third-order valence-electron chi connectivity index (χ3n) is 6.48. The number of carbonyl (C=O) groups excluding carboxylic acids is 1. The van der Waals surface area contributed by atoms with E-state index >= 15 is 0 Å². The maximum atomic E-state index is 12.5. The number of rotatable bonds is 8. The first kappa shape index (κ1) is 24.1. The lowest BCUT2D eigenvalue weighted by Crippen LogP contribution is -2.18. The molecule has 0 radical (unpaired) electrons. The van der Waals surface area contributed by atoms with Crippen LogP contribution in [0.2, 0.25) is 0 Å². The van der Waals surface area contributed by atoms with Gasteiger partial charge in [-0.05, 0) is 71.3 Å². The Kier molecular flexibility index (Phi) is 7.13. The summed E-state index contributed by atoms with van der Waals surface area (Å²) in [7, 11) is 3.28. The van der Waals surface area contributed by atoms with Gasteiger partial charge in [-0.25, -0.2) is 0 Å². The number of hydrogen-bond donors (Lipinski definition) is 0. The SMILES string of the molecule is COc1ccc(C(=O)/C=C/c2ccc(N3N=C(c4ccccc4)CC3c3ccc(OC)cc3)cc2)cc1. The van der Waals surface area contributed by atoms with Crippen molar-refractivity contribution in [3.63, 3.8) is 0 Å². The Balaban J connectivity index is 1.38. The molecule has 1 heterocycles. The van der Waals surface area contributed by atoms with Crippen LogP contribution in [-0.2, 0) is 0 Å². The molecule has 0 N–H and O–H groups in total. The van der Waals surface area contributed by atoms with Crippen molar-refractivity contribution < 1.29 is 14.3 Å². The van der Waals surface area contributed by atoms with Gasteiger partial charge in [0, 0.05) is 12.0 Å². The van der Waals surface area contributed by atoms with Crippen LogP contribution in [0.15, 0.2) is 114 Å². The van der Waals surface area contributed by atoms with Crippen LogP contribution < -0.4 is 14.5 Å². The third-order valence-corrected chi connectivity index (χ3v) is 6.48. The number of ketones is 1. The average molecular weight is 489 g/mol. The highest BCUT2D eigenvalue weighted by Gasteiger charge is 2.29. The van der Waals surface area contributed by atoms with Crippen molar-refractivity contribution in [2.45, 2.75) is 12.5 Å². The zero-order valence-electron chi connectivity index (χ0n) is 20.9. The van der Waals surface area contributed by atoms with Gasteiger partial charge in [-0.15, -0.1) is 0 Å². The van der Waals surface area contributed by atoms with Gasteiger partial charge in [-0.3, -0.25) is 9.80 Å². The lowest BCUT2D eigenvalue weighted by molar-refractivity contribution is 0.104. The molecule has 5 rings (SSSR count). The Morgan fingerprint density at radius 1 is 0.811 bits per heavy atom. The van der Waals surface area contributed by atoms with E-state index in [1.165, 1.54) is 5.56 Å². The fourth-order valence-electron chi connectivity index (χ4n) is 4.40. The molecule has 37 heavy (non-hydrogen) atoms. The van der Waals surface area contributed by atoms with Crippen molar-refractivity contribution in [2.75, 3.05) is 19.2 Å². The van der Waals surface area contributed by atoms with Gasteiger partial charge in [-0.1, -0.05) is 60.7 Å². The Labute approximate surface area is 217 Å². The van der Waals surface area contributed by atoms with Crippen molar-refractivity contribution in [3.05, 3.63) is 131 Å². The summed E-state index contributed by atoms with van der Waals surface area (Å²) in [5.41, 5.74) is 5.90. The maximum Gasteiger partial charge on any atom is 0.185 e. The molecule has 0 saturated carbocycles. The minimum atomic E-state index is -0.0528. The zero-order chi connectivity index (χ0) is 25.6. The Bertz CT molecular complexity index is 1410. The van der Waals surface area contributed by atoms with E-state index in [1.807, 2.05) is 60.7 Å². The highest BCUT2D eigenvalue weighted by atomic mass is 16.5. The zero-order valence-corrected chi connectivity index (χ0v) is 20.9. The number of anilines is 1. The summed E-state index contributed by atoms with van der Waals surface area (Å²) in [6, 6.07) is 33.8. The molecule has 4 aromatic rings. The standard InChI is InChI=1S/C32H28N2O3/c1-36-28-17-11-25(12-18-28)31-22-30(24-6-4-3-5-7-24)33-34(31)27-15-8-23(9-16-27)10-21-32(35)26-13-19-29(37-2)20-14-26/h3-21,31H,22H2,1-2H3/b21-10+. The Morgan fingerprint density at radius 3 is 2.05 bits per heavy atom. The van der Waals surface area contributed by atoms with Gasteiger partial charge in [0.1, 0.15) is 11.5 Å². The van der Waals surface area contributed by atoms with Crippen LogP contribution in [0.1, 0.15) is 39.5 Å². The molecule has 1 atom stereocenters. The number of benzene rings is 4. The molecule has 0 saturated heterocycles. The quantitative estimate of drug-likeness (QED) is 0.199. The van der Waals surface area contributed by atoms with Crippen molar-refractivity contribution in [1.29, 1.82) is 0 Å². The maximum absolute atomic E-state index is 12.5. The molecule has 1 aliphatic rings. The molecule has 1 unspecified atom stereocenters. The molecule has 5 nitrogen and oxygen atoms in total. The van der Waals surface area contributed by atoms with Gasteiger partial charge < -0.3 is 9.47 Å². The van der Waals surface area contributed by atoms with E-state index in [0.29, 0.717) is 5.56 Å². The molecule has 5 heteroatoms. The van der Waals surface area contributed by atoms with E-state index in [0.717, 1.165) is 40.4 Å². The van der Waals surface area contributed by atoms with E-state index in [2.05, 4.69) is 29.3 Å². The molecular weight excluding hydrogens is 460 g/mol. The van der Waals surface area contributed by atoms with Crippen LogP contribution in [0.4, 0.5) is 5.69 Å². The summed E-state index contributed by atoms with van der Waals surface area (Å²) in [6.07, 6.45) is 4.23. The van der Waals surface area contributed by atoms with E-state index < -0.39 is 0 Å². The summed E-state index contributed by atoms with van der Waals surface area (Å²) in [5.74, 6) is 1.50. The van der Waals surface area contributed by atoms with Gasteiger partial charge in [0.05, 0.1) is 31.7 Å². The number of ether oxygens (including phenoxy) is 2. The normalized spacial score (nSPS) is 15.0. The van der Waals surface area contributed by atoms with Gasteiger partial charge in [0.15, 0.2) is 5.78 Å². The highest BCUT2D eigenvalue weighted by molar-refractivity contribution is 6.07. The van der Waals surface area contributed by atoms with E-state index in [4.69, 9.17) is 14.6 Å². The fourth-order valence-corrected chi connectivity index (χ4v) is 4.40. The van der Waals surface area contributed by atoms with Crippen LogP contribution in [0.5, 0.6) is 11.5 Å². The van der Waals surface area contributed by atoms with Crippen LogP contribution in [-0.4, -0.2) is 25.7 Å². The molecule has 0 fully saturated rings. The smallest absolute Gasteiger partial charge is 0.185 e. The molecule has 0 aromatic heterocycles. The molecular formula is C32H28N2O3. The molecule has 1 aliphatic heterocycles. The van der Waals surface area contributed by atoms with Crippen molar-refractivity contribution >= 4 is 23.3 Å². The lowest BCUT2D eigenvalue weighted by Gasteiger charge is -2.24. The number of hydrogen-bond acceptors (Lipinski definition) is 5. The van der Waals surface area contributed by atoms with Crippen LogP contribution in [0.3, 0.4) is 0 Å². The summed E-state index contributed by atoms with van der Waals surface area (Å²) < 4.78 is 10.5. The van der Waals surface area contributed by atoms with Crippen molar-refractivity contribution in [3.8, 4) is 11.5 Å². The van der Waals surface area contributed by atoms with Crippen LogP contribution >= 0.6 is 0 Å². The van der Waals surface area contributed by atoms with Gasteiger partial charge in [-0.2, -0.15) is 5.10 Å². The minimum Gasteiger partial charge on any atom is -0.497 e. The molecule has 0 bridgehead atoms. The van der Waals surface area contributed by atoms with E-state index in [9.17, 15) is 4.79 Å². The Hall–Kier alpha value is -4.64. The molecule has 184 valence electrons. The molecule has 0 spiro atoms. The summed E-state index contributed by atoms with van der Waals surface area (Å²) in [5, 5.41) is 7.11. The van der Waals surface area contributed by atoms with Crippen molar-refractivity contribution in [2.24, 2.45) is 5.10 Å². The molecule has 0 aliphatic carbocycles.